The van der Waals surface area contributed by atoms with E-state index in [0.29, 0.717) is 28.2 Å². The van der Waals surface area contributed by atoms with Gasteiger partial charge in [0.25, 0.3) is 0 Å². The molecule has 0 aliphatic carbocycles. The molecule has 31 heavy (non-hydrogen) atoms. The molecule has 0 amide bonds. The van der Waals surface area contributed by atoms with Crippen molar-refractivity contribution in [2.45, 2.75) is 12.6 Å². The number of anilines is 1. The van der Waals surface area contributed by atoms with Gasteiger partial charge in [-0.15, -0.1) is 11.3 Å². The maximum Gasteiger partial charge on any atom is 0.393 e. The zero-order valence-electron chi connectivity index (χ0n) is 16.6. The molecule has 3 heterocycles. The van der Waals surface area contributed by atoms with Crippen LogP contribution in [0, 0.1) is 11.3 Å². The Kier molecular flexibility index (Phi) is 6.25. The van der Waals surface area contributed by atoms with Crippen LogP contribution < -0.4 is 9.64 Å². The Morgan fingerprint density at radius 2 is 1.84 bits per heavy atom. The van der Waals surface area contributed by atoms with Crippen LogP contribution in [-0.2, 0) is 6.42 Å². The number of hydrogen-bond donors (Lipinski definition) is 0. The Morgan fingerprint density at radius 3 is 2.52 bits per heavy atom. The molecule has 1 aromatic carbocycles. The van der Waals surface area contributed by atoms with Gasteiger partial charge < -0.3 is 9.64 Å². The van der Waals surface area contributed by atoms with Gasteiger partial charge in [-0.2, -0.15) is 18.4 Å². The summed E-state index contributed by atoms with van der Waals surface area (Å²) in [7, 11) is 0. The van der Waals surface area contributed by atoms with E-state index in [1.54, 1.807) is 30.3 Å². The Bertz CT molecular complexity index is 1070. The summed E-state index contributed by atoms with van der Waals surface area (Å²) in [5, 5.41) is 9.51. The minimum Gasteiger partial charge on any atom is -0.492 e. The summed E-state index contributed by atoms with van der Waals surface area (Å²) in [6, 6.07) is 10.7. The van der Waals surface area contributed by atoms with Gasteiger partial charge in [0, 0.05) is 37.6 Å². The SMILES string of the molecule is N#Cc1ccc(OCCN2CCN(c3ncnc4sc(CC(F)(F)F)cc34)CC2)cc1. The highest BCUT2D eigenvalue weighted by Gasteiger charge is 2.29. The van der Waals surface area contributed by atoms with Gasteiger partial charge in [-0.25, -0.2) is 9.97 Å². The Balaban J connectivity index is 1.32. The molecule has 1 aliphatic heterocycles. The van der Waals surface area contributed by atoms with E-state index in [2.05, 4.69) is 25.8 Å². The van der Waals surface area contributed by atoms with Crippen molar-refractivity contribution in [2.24, 2.45) is 0 Å². The normalized spacial score (nSPS) is 15.2. The van der Waals surface area contributed by atoms with Crippen LogP contribution in [0.5, 0.6) is 5.75 Å². The van der Waals surface area contributed by atoms with Crippen LogP contribution in [0.3, 0.4) is 0 Å². The van der Waals surface area contributed by atoms with E-state index < -0.39 is 12.6 Å². The molecule has 0 spiro atoms. The van der Waals surface area contributed by atoms with Gasteiger partial charge in [-0.05, 0) is 30.3 Å². The highest BCUT2D eigenvalue weighted by molar-refractivity contribution is 7.18. The molecule has 0 radical (unpaired) electrons. The van der Waals surface area contributed by atoms with Gasteiger partial charge in [-0.1, -0.05) is 0 Å². The summed E-state index contributed by atoms with van der Waals surface area (Å²) in [5.41, 5.74) is 0.596. The topological polar surface area (TPSA) is 65.3 Å². The maximum absolute atomic E-state index is 12.7. The van der Waals surface area contributed by atoms with Gasteiger partial charge in [0.2, 0.25) is 0 Å². The number of alkyl halides is 3. The van der Waals surface area contributed by atoms with Gasteiger partial charge in [0.1, 0.15) is 29.3 Å². The molecule has 4 rings (SSSR count). The second-order valence-corrected chi connectivity index (χ2v) is 8.35. The molecule has 0 saturated carbocycles. The van der Waals surface area contributed by atoms with E-state index in [1.165, 1.54) is 6.33 Å². The summed E-state index contributed by atoms with van der Waals surface area (Å²) >= 11 is 1.07. The lowest BCUT2D eigenvalue weighted by atomic mass is 10.2. The maximum atomic E-state index is 12.7. The van der Waals surface area contributed by atoms with E-state index >= 15 is 0 Å². The number of nitriles is 1. The molecule has 1 fully saturated rings. The van der Waals surface area contributed by atoms with E-state index in [4.69, 9.17) is 10.00 Å². The summed E-state index contributed by atoms with van der Waals surface area (Å²) < 4.78 is 44.0. The number of aromatic nitrogens is 2. The largest absolute Gasteiger partial charge is 0.492 e. The minimum absolute atomic E-state index is 0.253. The number of piperazine rings is 1. The van der Waals surface area contributed by atoms with Crippen LogP contribution >= 0.6 is 11.3 Å². The van der Waals surface area contributed by atoms with Gasteiger partial charge in [0.15, 0.2) is 0 Å². The van der Waals surface area contributed by atoms with Crippen molar-refractivity contribution in [2.75, 3.05) is 44.2 Å². The van der Waals surface area contributed by atoms with Crippen molar-refractivity contribution in [3.63, 3.8) is 0 Å². The predicted octanol–water partition coefficient (Wildman–Crippen LogP) is 3.87. The molecule has 0 unspecified atom stereocenters. The second-order valence-electron chi connectivity index (χ2n) is 7.23. The average Bonchev–Trinajstić information content (AvgIpc) is 3.15. The summed E-state index contributed by atoms with van der Waals surface area (Å²) in [4.78, 5) is 13.7. The van der Waals surface area contributed by atoms with Gasteiger partial charge in [0.05, 0.1) is 23.4 Å². The van der Waals surface area contributed by atoms with Gasteiger partial charge in [-0.3, -0.25) is 4.90 Å². The Morgan fingerprint density at radius 1 is 1.10 bits per heavy atom. The fraction of sp³-hybridized carbons (Fsp3) is 0.381. The summed E-state index contributed by atoms with van der Waals surface area (Å²) in [6.45, 7) is 4.38. The number of rotatable bonds is 6. The van der Waals surface area contributed by atoms with E-state index in [0.717, 1.165) is 49.8 Å². The Labute approximate surface area is 181 Å². The summed E-state index contributed by atoms with van der Waals surface area (Å²) in [5.74, 6) is 1.43. The lowest BCUT2D eigenvalue weighted by Gasteiger charge is -2.35. The molecule has 162 valence electrons. The van der Waals surface area contributed by atoms with Crippen molar-refractivity contribution < 1.29 is 17.9 Å². The fourth-order valence-corrected chi connectivity index (χ4v) is 4.55. The number of ether oxygens (including phenoxy) is 1. The van der Waals surface area contributed by atoms with Gasteiger partial charge >= 0.3 is 6.18 Å². The lowest BCUT2D eigenvalue weighted by molar-refractivity contribution is -0.126. The van der Waals surface area contributed by atoms with E-state index in [9.17, 15) is 13.2 Å². The quantitative estimate of drug-likeness (QED) is 0.572. The molecule has 0 N–H and O–H groups in total. The smallest absolute Gasteiger partial charge is 0.393 e. The number of halogens is 3. The van der Waals surface area contributed by atoms with Crippen molar-refractivity contribution in [1.82, 2.24) is 14.9 Å². The van der Waals surface area contributed by atoms with Crippen LogP contribution in [0.4, 0.5) is 19.0 Å². The molecule has 6 nitrogen and oxygen atoms in total. The fourth-order valence-electron chi connectivity index (χ4n) is 3.53. The summed E-state index contributed by atoms with van der Waals surface area (Å²) in [6.07, 6.45) is -3.76. The molecule has 2 aromatic heterocycles. The molecular formula is C21H20F3N5OS. The average molecular weight is 447 g/mol. The van der Waals surface area contributed by atoms with Crippen LogP contribution in [0.2, 0.25) is 0 Å². The number of thiophene rings is 1. The van der Waals surface area contributed by atoms with Crippen molar-refractivity contribution in [1.29, 1.82) is 5.26 Å². The standard InChI is InChI=1S/C21H20F3N5OS/c22-21(23,24)12-17-11-18-19(26-14-27-20(18)31-17)29-7-5-28(6-8-29)9-10-30-16-3-1-15(13-25)2-4-16/h1-4,11,14H,5-10,12H2. The first kappa shape index (κ1) is 21.3. The first-order chi connectivity index (χ1) is 14.9. The van der Waals surface area contributed by atoms with Crippen molar-refractivity contribution >= 4 is 27.4 Å². The highest BCUT2D eigenvalue weighted by Crippen LogP contribution is 2.34. The van der Waals surface area contributed by atoms with Crippen LogP contribution in [0.25, 0.3) is 10.2 Å². The minimum atomic E-state index is -4.24. The predicted molar refractivity (Wildman–Crippen MR) is 112 cm³/mol. The first-order valence-electron chi connectivity index (χ1n) is 9.82. The molecule has 0 atom stereocenters. The molecular weight excluding hydrogens is 427 g/mol. The zero-order valence-corrected chi connectivity index (χ0v) is 17.4. The lowest BCUT2D eigenvalue weighted by Crippen LogP contribution is -2.47. The van der Waals surface area contributed by atoms with Crippen molar-refractivity contribution in [3.8, 4) is 11.8 Å². The highest BCUT2D eigenvalue weighted by atomic mass is 32.1. The molecule has 10 heteroatoms. The van der Waals surface area contributed by atoms with E-state index in [-0.39, 0.29) is 4.88 Å². The third-order valence-corrected chi connectivity index (χ3v) is 6.11. The molecule has 0 bridgehead atoms. The van der Waals surface area contributed by atoms with Crippen LogP contribution in [0.1, 0.15) is 10.4 Å². The third-order valence-electron chi connectivity index (χ3n) is 5.07. The van der Waals surface area contributed by atoms with Crippen molar-refractivity contribution in [3.05, 3.63) is 47.1 Å². The zero-order chi connectivity index (χ0) is 21.8. The first-order valence-corrected chi connectivity index (χ1v) is 10.6. The number of nitrogens with zero attached hydrogens (tertiary/aromatic N) is 5. The van der Waals surface area contributed by atoms with E-state index in [1.807, 2.05) is 0 Å². The molecule has 3 aromatic rings. The third kappa shape index (κ3) is 5.42. The molecule has 1 aliphatic rings. The monoisotopic (exact) mass is 447 g/mol. The number of fused-ring (bicyclic) bond motifs is 1. The molecule has 1 saturated heterocycles. The number of hydrogen-bond acceptors (Lipinski definition) is 7. The second kappa shape index (κ2) is 9.08. The number of benzene rings is 1. The van der Waals surface area contributed by atoms with Crippen LogP contribution in [-0.4, -0.2) is 60.4 Å². The van der Waals surface area contributed by atoms with Crippen LogP contribution in [0.15, 0.2) is 36.7 Å². The Hall–Kier alpha value is -2.90.